The van der Waals surface area contributed by atoms with E-state index < -0.39 is 129 Å². The second-order valence-corrected chi connectivity index (χ2v) is 20.0. The van der Waals surface area contributed by atoms with Crippen LogP contribution in [0.25, 0.3) is 6.08 Å². The Hall–Kier alpha value is -7.33. The number of benzene rings is 4. The van der Waals surface area contributed by atoms with E-state index in [1.54, 1.807) is 37.4 Å². The summed E-state index contributed by atoms with van der Waals surface area (Å²) in [6, 6.07) is 15.3. The molecule has 0 fully saturated rings. The maximum atomic E-state index is 14.4. The first kappa shape index (κ1) is 49.6. The van der Waals surface area contributed by atoms with Crippen molar-refractivity contribution in [2.75, 3.05) is 33.3 Å². The molecule has 6 aromatic rings. The topological polar surface area (TPSA) is 413 Å². The first-order valence-corrected chi connectivity index (χ1v) is 24.8. The van der Waals surface area contributed by atoms with E-state index in [1.807, 2.05) is 0 Å². The number of rotatable bonds is 15. The van der Waals surface area contributed by atoms with Gasteiger partial charge in [0.1, 0.15) is 9.80 Å². The summed E-state index contributed by atoms with van der Waals surface area (Å²) in [4.78, 5) is 48.0. The Morgan fingerprint density at radius 1 is 0.638 bits per heavy atom. The van der Waals surface area contributed by atoms with Gasteiger partial charge < -0.3 is 26.0 Å². The van der Waals surface area contributed by atoms with E-state index in [4.69, 9.17) is 23.2 Å². The molecule has 0 amide bonds. The van der Waals surface area contributed by atoms with Gasteiger partial charge in [-0.1, -0.05) is 18.2 Å². The zero-order valence-corrected chi connectivity index (χ0v) is 38.6. The van der Waals surface area contributed by atoms with E-state index in [1.165, 1.54) is 4.90 Å². The third-order valence-corrected chi connectivity index (χ3v) is 12.9. The van der Waals surface area contributed by atoms with Gasteiger partial charge in [0, 0.05) is 18.4 Å². The molecular weight excluding hydrogens is 1040 g/mol. The molecule has 69 heavy (non-hydrogen) atoms. The number of anilines is 9. The van der Waals surface area contributed by atoms with Gasteiger partial charge in [0.2, 0.25) is 40.1 Å². The fourth-order valence-electron chi connectivity index (χ4n) is 6.14. The van der Waals surface area contributed by atoms with Crippen molar-refractivity contribution in [2.45, 2.75) is 14.7 Å². The van der Waals surface area contributed by atoms with Crippen LogP contribution in [0.2, 0.25) is 10.6 Å². The smallest absolute Gasteiger partial charge is 0.337 e. The Bertz CT molecular complexity index is 3680. The molecule has 0 unspecified atom stereocenters. The molecule has 0 bridgehead atoms. The maximum absolute atomic E-state index is 14.4. The van der Waals surface area contributed by atoms with Gasteiger partial charge in [0.05, 0.1) is 38.0 Å². The highest BCUT2D eigenvalue weighted by Gasteiger charge is 2.36. The number of carbonyl (C=O) groups is 2. The average molecular weight is 1070 g/mol. The number of carboxylic acids is 1. The minimum atomic E-state index is -5.47. The van der Waals surface area contributed by atoms with E-state index in [0.717, 1.165) is 36.4 Å². The van der Waals surface area contributed by atoms with Crippen LogP contribution in [0, 0.1) is 0 Å². The van der Waals surface area contributed by atoms with Gasteiger partial charge >= 0.3 is 5.97 Å². The summed E-state index contributed by atoms with van der Waals surface area (Å²) in [6.07, 6.45) is 0.613. The van der Waals surface area contributed by atoms with E-state index >= 15 is 0 Å². The third kappa shape index (κ3) is 11.3. The normalized spacial score (nSPS) is 13.6. The number of ketones is 1. The molecular formula is C36H26Cl2N12O15S4. The molecule has 0 saturated heterocycles. The molecule has 0 radical (unpaired) electrons. The van der Waals surface area contributed by atoms with E-state index in [0.29, 0.717) is 23.9 Å². The minimum Gasteiger partial charge on any atom is -0.478 e. The van der Waals surface area contributed by atoms with Crippen LogP contribution in [0.4, 0.5) is 52.2 Å². The summed E-state index contributed by atoms with van der Waals surface area (Å²) in [5.74, 6) is -4.32. The summed E-state index contributed by atoms with van der Waals surface area (Å²) in [7, 11) is -19.0. The Morgan fingerprint density at radius 2 is 1.25 bits per heavy atom. The highest BCUT2D eigenvalue weighted by molar-refractivity contribution is 7.91. The summed E-state index contributed by atoms with van der Waals surface area (Å²) >= 11 is 12.3. The monoisotopic (exact) mass is 1060 g/mol. The predicted octanol–water partition coefficient (Wildman–Crippen LogP) is 4.69. The van der Waals surface area contributed by atoms with Gasteiger partial charge in [-0.15, -0.1) is 0 Å². The zero-order chi connectivity index (χ0) is 50.4. The lowest BCUT2D eigenvalue weighted by atomic mass is 9.93. The second kappa shape index (κ2) is 18.6. The fourth-order valence-corrected chi connectivity index (χ4v) is 8.79. The van der Waals surface area contributed by atoms with Crippen LogP contribution in [0.5, 0.6) is 0 Å². The van der Waals surface area contributed by atoms with Crippen LogP contribution in [0.1, 0.15) is 26.3 Å². The number of hydrogen-bond acceptors (Lipinski definition) is 22. The number of aromatic nitrogens is 6. The zero-order valence-electron chi connectivity index (χ0n) is 33.9. The van der Waals surface area contributed by atoms with Crippen molar-refractivity contribution in [1.29, 1.82) is 0 Å². The lowest BCUT2D eigenvalue weighted by Crippen LogP contribution is -2.28. The molecule has 7 rings (SSSR count). The van der Waals surface area contributed by atoms with Crippen LogP contribution in [-0.4, -0.2) is 111 Å². The van der Waals surface area contributed by atoms with E-state index in [9.17, 15) is 66.6 Å². The molecule has 0 aliphatic heterocycles. The highest BCUT2D eigenvalue weighted by Crippen LogP contribution is 2.36. The third-order valence-electron chi connectivity index (χ3n) is 9.14. The first-order chi connectivity index (χ1) is 32.1. The number of aromatic carboxylic acids is 1. The van der Waals surface area contributed by atoms with Crippen molar-refractivity contribution < 1.29 is 66.6 Å². The van der Waals surface area contributed by atoms with Crippen LogP contribution < -0.4 is 26.3 Å². The summed E-state index contributed by atoms with van der Waals surface area (Å²) in [5, 5.41) is 20.3. The number of hydrogen-bond donors (Lipinski definition) is 9. The quantitative estimate of drug-likeness (QED) is 0.0497. The number of allylic oxidation sites excluding steroid dienone is 1. The van der Waals surface area contributed by atoms with Gasteiger partial charge in [0.25, 0.3) is 40.5 Å². The Morgan fingerprint density at radius 3 is 1.86 bits per heavy atom. The fraction of sp³-hybridized carbons (Fsp3) is 0.0278. The Labute approximate surface area is 398 Å². The number of carboxylic acid groups (broad SMARTS) is 1. The van der Waals surface area contributed by atoms with Gasteiger partial charge in [0.15, 0.2) is 5.71 Å². The summed E-state index contributed by atoms with van der Waals surface area (Å²) < 4.78 is 138. The van der Waals surface area contributed by atoms with Crippen molar-refractivity contribution in [3.05, 3.63) is 111 Å². The summed E-state index contributed by atoms with van der Waals surface area (Å²) in [6.45, 7) is 0. The Kier molecular flexibility index (Phi) is 13.4. The van der Waals surface area contributed by atoms with Crippen LogP contribution in [-0.2, 0) is 40.5 Å². The van der Waals surface area contributed by atoms with Crippen molar-refractivity contribution in [3.63, 3.8) is 0 Å². The summed E-state index contributed by atoms with van der Waals surface area (Å²) in [5.41, 5.74) is -1.72. The lowest BCUT2D eigenvalue weighted by Gasteiger charge is -2.21. The van der Waals surface area contributed by atoms with Crippen molar-refractivity contribution in [1.82, 2.24) is 29.9 Å². The number of Topliss-reactive ketones (excluding diaryl/α,β-unsaturated/α-hetero) is 1. The number of hydrazone groups is 1. The number of carbonyl (C=O) groups excluding carboxylic acids is 1. The predicted molar refractivity (Wildman–Crippen MR) is 245 cm³/mol. The van der Waals surface area contributed by atoms with Gasteiger partial charge in [-0.3, -0.25) is 28.4 Å². The first-order valence-electron chi connectivity index (χ1n) is 18.3. The number of halogens is 2. The average Bonchev–Trinajstić information content (AvgIpc) is 3.24. The molecule has 0 spiro atoms. The molecule has 27 nitrogen and oxygen atoms in total. The minimum absolute atomic E-state index is 0.0578. The molecule has 1 aliphatic carbocycles. The molecule has 0 atom stereocenters. The van der Waals surface area contributed by atoms with Gasteiger partial charge in [-0.05, 0) is 95.5 Å². The number of nitrogens with zero attached hydrogens (tertiary/aromatic N) is 8. The standard InChI is InChI=1S/C36H26Cl2N12O15S4/c1-50(18-5-3-2-4-6-18)36-45-32(38)44-35(47-36)41-24-15-20(67(57,58)59)11-16-12-26(69(63,64)65)28(29(51)27(16)24)49-48-23-13-17(7-10-25(23)68(60,61)62)39-33-42-31(37)43-34(46-33)40-22-9-8-19(66(54,55)56)14-21(22)30(52)53/h2-15,48H,1H3,(H,52,53)(H,54,55,56)(H,57,58,59)(H,60,61,62)(H,63,64,65)(H,41,44,45,47)(H2,39,40,42,43,46)/b49-28-. The van der Waals surface area contributed by atoms with E-state index in [2.05, 4.69) is 56.4 Å². The molecule has 1 aliphatic rings. The maximum Gasteiger partial charge on any atom is 0.337 e. The molecule has 9 N–H and O–H groups in total. The van der Waals surface area contributed by atoms with Crippen molar-refractivity contribution in [3.8, 4) is 0 Å². The van der Waals surface area contributed by atoms with E-state index in [-0.39, 0.29) is 22.6 Å². The van der Waals surface area contributed by atoms with Crippen LogP contribution in [0.15, 0.2) is 104 Å². The molecule has 0 saturated carbocycles. The molecule has 2 heterocycles. The van der Waals surface area contributed by atoms with Crippen molar-refractivity contribution in [2.24, 2.45) is 5.10 Å². The second-order valence-electron chi connectivity index (χ2n) is 13.7. The Balaban J connectivity index is 1.27. The van der Waals surface area contributed by atoms with Crippen LogP contribution >= 0.6 is 23.2 Å². The molecule has 358 valence electrons. The van der Waals surface area contributed by atoms with Gasteiger partial charge in [-0.2, -0.15) is 68.7 Å². The number of fused-ring (bicyclic) bond motifs is 1. The largest absolute Gasteiger partial charge is 0.478 e. The van der Waals surface area contributed by atoms with Crippen LogP contribution in [0.3, 0.4) is 0 Å². The lowest BCUT2D eigenvalue weighted by molar-refractivity contribution is 0.0697. The number of para-hydroxylation sites is 1. The number of nitrogens with one attached hydrogen (secondary N) is 4. The molecule has 2 aromatic heterocycles. The molecule has 33 heteroatoms. The van der Waals surface area contributed by atoms with Gasteiger partial charge in [-0.25, -0.2) is 4.79 Å². The molecule has 4 aromatic carbocycles. The SMILES string of the molecule is CN(c1ccccc1)c1nc(Cl)nc(Nc2cc(S(=O)(=O)O)cc3c2C(=O)/C(=N\Nc2cc(Nc4nc(Cl)nc(Nc5ccc(S(=O)(=O)O)cc5C(=O)O)n4)ccc2S(=O)(=O)O)C(S(=O)(=O)O)=C3)n1. The highest BCUT2D eigenvalue weighted by atomic mass is 35.5. The van der Waals surface area contributed by atoms with Crippen molar-refractivity contribution >= 4 is 139 Å².